The highest BCUT2D eigenvalue weighted by molar-refractivity contribution is 5.99. The maximum atomic E-state index is 12.3. The Kier molecular flexibility index (Phi) is 7.62. The molecule has 0 aliphatic rings. The molecule has 0 spiro atoms. The average molecular weight is 344 g/mol. The standard InChI is InChI=1S/C21H28O4/c1-8-24-20(22)11-10-18(21(23)25-9-2)12-19-16(6)14(4)13(3)15(5)17(19)7/h10-12H,8-9H2,1-7H3/b11-10+,18-12-. The van der Waals surface area contributed by atoms with Gasteiger partial charge in [-0.25, -0.2) is 9.59 Å². The summed E-state index contributed by atoms with van der Waals surface area (Å²) in [7, 11) is 0. The number of rotatable bonds is 6. The molecule has 4 nitrogen and oxygen atoms in total. The Morgan fingerprint density at radius 1 is 0.760 bits per heavy atom. The summed E-state index contributed by atoms with van der Waals surface area (Å²) in [5.41, 5.74) is 7.20. The molecule has 1 aromatic rings. The highest BCUT2D eigenvalue weighted by Gasteiger charge is 2.14. The summed E-state index contributed by atoms with van der Waals surface area (Å²) >= 11 is 0. The van der Waals surface area contributed by atoms with Crippen molar-refractivity contribution in [2.24, 2.45) is 0 Å². The van der Waals surface area contributed by atoms with Crippen molar-refractivity contribution in [3.8, 4) is 0 Å². The Hall–Kier alpha value is -2.36. The molecular weight excluding hydrogens is 316 g/mol. The molecule has 0 radical (unpaired) electrons. The van der Waals surface area contributed by atoms with Crippen molar-refractivity contribution in [2.45, 2.75) is 48.5 Å². The van der Waals surface area contributed by atoms with Crippen LogP contribution in [0.1, 0.15) is 47.2 Å². The third kappa shape index (κ3) is 5.05. The summed E-state index contributed by atoms with van der Waals surface area (Å²) in [6.45, 7) is 14.4. The summed E-state index contributed by atoms with van der Waals surface area (Å²) in [5.74, 6) is -0.944. The highest BCUT2D eigenvalue weighted by Crippen LogP contribution is 2.28. The molecule has 0 unspecified atom stereocenters. The van der Waals surface area contributed by atoms with E-state index in [4.69, 9.17) is 9.47 Å². The summed E-state index contributed by atoms with van der Waals surface area (Å²) in [6, 6.07) is 0. The Morgan fingerprint density at radius 3 is 1.72 bits per heavy atom. The molecule has 0 fully saturated rings. The Morgan fingerprint density at radius 2 is 1.24 bits per heavy atom. The van der Waals surface area contributed by atoms with E-state index < -0.39 is 11.9 Å². The lowest BCUT2D eigenvalue weighted by Crippen LogP contribution is -2.08. The van der Waals surface area contributed by atoms with Gasteiger partial charge in [-0.15, -0.1) is 0 Å². The van der Waals surface area contributed by atoms with Crippen LogP contribution >= 0.6 is 0 Å². The molecule has 136 valence electrons. The lowest BCUT2D eigenvalue weighted by molar-refractivity contribution is -0.138. The smallest absolute Gasteiger partial charge is 0.338 e. The largest absolute Gasteiger partial charge is 0.463 e. The van der Waals surface area contributed by atoms with Gasteiger partial charge >= 0.3 is 11.9 Å². The van der Waals surface area contributed by atoms with Crippen LogP contribution in [0.4, 0.5) is 0 Å². The molecule has 0 saturated carbocycles. The van der Waals surface area contributed by atoms with E-state index in [1.54, 1.807) is 19.9 Å². The van der Waals surface area contributed by atoms with Crippen molar-refractivity contribution in [3.05, 3.63) is 51.1 Å². The molecule has 0 bridgehead atoms. The SMILES string of the molecule is CCOC(=O)/C=C/C(=C/c1c(C)c(C)c(C)c(C)c1C)C(=O)OCC. The Balaban J connectivity index is 3.45. The molecule has 0 aromatic heterocycles. The van der Waals surface area contributed by atoms with Gasteiger partial charge in [-0.3, -0.25) is 0 Å². The van der Waals surface area contributed by atoms with Gasteiger partial charge in [0.1, 0.15) is 0 Å². The van der Waals surface area contributed by atoms with Gasteiger partial charge < -0.3 is 9.47 Å². The summed E-state index contributed by atoms with van der Waals surface area (Å²) in [6.07, 6.45) is 4.50. The number of ether oxygens (including phenoxy) is 2. The zero-order valence-electron chi connectivity index (χ0n) is 16.3. The van der Waals surface area contributed by atoms with Crippen LogP contribution in [0.15, 0.2) is 17.7 Å². The van der Waals surface area contributed by atoms with Gasteiger partial charge in [-0.2, -0.15) is 0 Å². The molecule has 0 saturated heterocycles. The highest BCUT2D eigenvalue weighted by atomic mass is 16.5. The summed E-state index contributed by atoms with van der Waals surface area (Å²) in [5, 5.41) is 0. The number of carbonyl (C=O) groups is 2. The van der Waals surface area contributed by atoms with Crippen molar-refractivity contribution >= 4 is 18.0 Å². The second kappa shape index (κ2) is 9.21. The van der Waals surface area contributed by atoms with E-state index in [0.29, 0.717) is 5.57 Å². The van der Waals surface area contributed by atoms with E-state index in [1.807, 2.05) is 13.8 Å². The van der Waals surface area contributed by atoms with E-state index in [2.05, 4.69) is 20.8 Å². The number of hydrogen-bond donors (Lipinski definition) is 0. The molecule has 0 aliphatic heterocycles. The first-order valence-electron chi connectivity index (χ1n) is 8.55. The molecular formula is C21H28O4. The van der Waals surface area contributed by atoms with Crippen molar-refractivity contribution in [2.75, 3.05) is 13.2 Å². The van der Waals surface area contributed by atoms with E-state index >= 15 is 0 Å². The normalized spacial score (nSPS) is 11.7. The summed E-state index contributed by atoms with van der Waals surface area (Å²) in [4.78, 5) is 23.9. The number of hydrogen-bond acceptors (Lipinski definition) is 4. The van der Waals surface area contributed by atoms with Gasteiger partial charge in [0.25, 0.3) is 0 Å². The van der Waals surface area contributed by atoms with Crippen molar-refractivity contribution in [3.63, 3.8) is 0 Å². The minimum absolute atomic E-state index is 0.271. The van der Waals surface area contributed by atoms with Crippen LogP contribution in [0.25, 0.3) is 6.08 Å². The van der Waals surface area contributed by atoms with Crippen molar-refractivity contribution < 1.29 is 19.1 Å². The van der Waals surface area contributed by atoms with Gasteiger partial charge in [-0.1, -0.05) is 0 Å². The van der Waals surface area contributed by atoms with Crippen LogP contribution < -0.4 is 0 Å². The third-order valence-electron chi connectivity index (χ3n) is 4.55. The van der Waals surface area contributed by atoms with Gasteiger partial charge in [-0.05, 0) is 94.0 Å². The van der Waals surface area contributed by atoms with E-state index in [-0.39, 0.29) is 13.2 Å². The van der Waals surface area contributed by atoms with E-state index in [0.717, 1.165) is 16.7 Å². The first-order valence-corrected chi connectivity index (χ1v) is 8.55. The molecule has 0 N–H and O–H groups in total. The van der Waals surface area contributed by atoms with Crippen molar-refractivity contribution in [1.82, 2.24) is 0 Å². The predicted molar refractivity (Wildman–Crippen MR) is 101 cm³/mol. The first-order chi connectivity index (χ1) is 11.7. The fourth-order valence-electron chi connectivity index (χ4n) is 2.64. The first kappa shape index (κ1) is 20.7. The zero-order valence-corrected chi connectivity index (χ0v) is 16.3. The Bertz CT molecular complexity index is 695. The maximum Gasteiger partial charge on any atom is 0.338 e. The van der Waals surface area contributed by atoms with Crippen LogP contribution in [0.3, 0.4) is 0 Å². The molecule has 1 rings (SSSR count). The Labute approximate surface area is 150 Å². The van der Waals surface area contributed by atoms with Gasteiger partial charge in [0, 0.05) is 6.08 Å². The lowest BCUT2D eigenvalue weighted by Gasteiger charge is -2.17. The topological polar surface area (TPSA) is 52.6 Å². The van der Waals surface area contributed by atoms with Crippen LogP contribution in [-0.4, -0.2) is 25.2 Å². The quantitative estimate of drug-likeness (QED) is 0.439. The number of esters is 2. The molecule has 0 amide bonds. The minimum Gasteiger partial charge on any atom is -0.463 e. The van der Waals surface area contributed by atoms with E-state index in [9.17, 15) is 9.59 Å². The minimum atomic E-state index is -0.484. The van der Waals surface area contributed by atoms with Gasteiger partial charge in [0.05, 0.1) is 18.8 Å². The fourth-order valence-corrected chi connectivity index (χ4v) is 2.64. The van der Waals surface area contributed by atoms with E-state index in [1.165, 1.54) is 28.8 Å². The molecule has 4 heteroatoms. The molecule has 25 heavy (non-hydrogen) atoms. The molecule has 0 heterocycles. The third-order valence-corrected chi connectivity index (χ3v) is 4.55. The lowest BCUT2D eigenvalue weighted by atomic mass is 9.88. The molecule has 0 atom stereocenters. The monoisotopic (exact) mass is 344 g/mol. The molecule has 0 aliphatic carbocycles. The van der Waals surface area contributed by atoms with Gasteiger partial charge in [0.2, 0.25) is 0 Å². The van der Waals surface area contributed by atoms with Crippen LogP contribution in [0.2, 0.25) is 0 Å². The predicted octanol–water partition coefficient (Wildman–Crippen LogP) is 4.29. The second-order valence-corrected chi connectivity index (χ2v) is 5.94. The number of benzene rings is 1. The van der Waals surface area contributed by atoms with Gasteiger partial charge in [0.15, 0.2) is 0 Å². The number of carbonyl (C=O) groups excluding carboxylic acids is 2. The van der Waals surface area contributed by atoms with Crippen LogP contribution in [-0.2, 0) is 19.1 Å². The molecule has 1 aromatic carbocycles. The van der Waals surface area contributed by atoms with Crippen molar-refractivity contribution in [1.29, 1.82) is 0 Å². The van der Waals surface area contributed by atoms with Crippen LogP contribution in [0, 0.1) is 34.6 Å². The second-order valence-electron chi connectivity index (χ2n) is 5.94. The zero-order chi connectivity index (χ0) is 19.1. The van der Waals surface area contributed by atoms with Crippen LogP contribution in [0.5, 0.6) is 0 Å². The average Bonchev–Trinajstić information content (AvgIpc) is 2.58. The summed E-state index contributed by atoms with van der Waals surface area (Å²) < 4.78 is 10.0. The maximum absolute atomic E-state index is 12.3. The fraction of sp³-hybridized carbons (Fsp3) is 0.429.